The third kappa shape index (κ3) is 3.80. The number of imidazole rings is 1. The van der Waals surface area contributed by atoms with Crippen LogP contribution in [0.25, 0.3) is 0 Å². The molecule has 2 heterocycles. The van der Waals surface area contributed by atoms with E-state index in [9.17, 15) is 5.11 Å². The fourth-order valence-corrected chi connectivity index (χ4v) is 3.43. The maximum absolute atomic E-state index is 11.2. The number of rotatable bonds is 6. The lowest BCUT2D eigenvalue weighted by Crippen LogP contribution is -2.42. The molecule has 1 aromatic heterocycles. The fraction of sp³-hybridized carbons (Fsp3) is 0.526. The summed E-state index contributed by atoms with van der Waals surface area (Å²) in [5.41, 5.74) is 0.0109. The van der Waals surface area contributed by atoms with Gasteiger partial charge in [-0.1, -0.05) is 0 Å². The van der Waals surface area contributed by atoms with Crippen molar-refractivity contribution in [3.63, 3.8) is 0 Å². The number of likely N-dealkylation sites (tertiary alicyclic amines) is 1. The highest BCUT2D eigenvalue weighted by atomic mass is 16.5. The molecule has 25 heavy (non-hydrogen) atoms. The van der Waals surface area contributed by atoms with Gasteiger partial charge < -0.3 is 19.1 Å². The third-order valence-corrected chi connectivity index (χ3v) is 5.08. The lowest BCUT2D eigenvalue weighted by atomic mass is 9.84. The Kier molecular flexibility index (Phi) is 5.30. The van der Waals surface area contributed by atoms with Gasteiger partial charge in [0.25, 0.3) is 0 Å². The van der Waals surface area contributed by atoms with E-state index in [0.717, 1.165) is 37.6 Å². The zero-order valence-electron chi connectivity index (χ0n) is 15.2. The summed E-state index contributed by atoms with van der Waals surface area (Å²) in [5.74, 6) is 2.49. The maximum Gasteiger partial charge on any atom is 0.122 e. The highest BCUT2D eigenvalue weighted by molar-refractivity contribution is 5.41. The summed E-state index contributed by atoms with van der Waals surface area (Å²) in [6.45, 7) is 5.52. The molecule has 0 aliphatic carbocycles. The average Bonchev–Trinajstić information content (AvgIpc) is 3.10. The fourth-order valence-electron chi connectivity index (χ4n) is 3.43. The van der Waals surface area contributed by atoms with Crippen molar-refractivity contribution in [1.82, 2.24) is 14.5 Å². The summed E-state index contributed by atoms with van der Waals surface area (Å²) in [6, 6.07) is 5.64. The van der Waals surface area contributed by atoms with Gasteiger partial charge in [0.15, 0.2) is 0 Å². The van der Waals surface area contributed by atoms with Gasteiger partial charge in [-0.15, -0.1) is 0 Å². The number of aromatic nitrogens is 2. The molecule has 0 amide bonds. The van der Waals surface area contributed by atoms with Crippen LogP contribution in [0.1, 0.15) is 31.2 Å². The Morgan fingerprint density at radius 2 is 1.76 bits per heavy atom. The molecule has 1 aliphatic rings. The highest BCUT2D eigenvalue weighted by Crippen LogP contribution is 2.37. The molecule has 1 aliphatic heterocycles. The van der Waals surface area contributed by atoms with Gasteiger partial charge in [0, 0.05) is 38.1 Å². The van der Waals surface area contributed by atoms with Crippen LogP contribution < -0.4 is 9.47 Å². The predicted molar refractivity (Wildman–Crippen MR) is 95.9 cm³/mol. The number of benzene rings is 1. The number of hydrogen-bond donors (Lipinski definition) is 1. The topological polar surface area (TPSA) is 59.8 Å². The number of hydrogen-bond acceptors (Lipinski definition) is 5. The number of piperidine rings is 1. The van der Waals surface area contributed by atoms with Crippen LogP contribution in [0.15, 0.2) is 30.6 Å². The van der Waals surface area contributed by atoms with Crippen LogP contribution in [-0.2, 0) is 18.7 Å². The Bertz CT molecular complexity index is 683. The summed E-state index contributed by atoms with van der Waals surface area (Å²) < 4.78 is 12.8. The second-order valence-electron chi connectivity index (χ2n) is 6.54. The van der Waals surface area contributed by atoms with Gasteiger partial charge in [0.2, 0.25) is 0 Å². The summed E-state index contributed by atoms with van der Waals surface area (Å²) in [5, 5.41) is 11.2. The first-order chi connectivity index (χ1) is 12.1. The van der Waals surface area contributed by atoms with Crippen molar-refractivity contribution in [2.45, 2.75) is 38.5 Å². The molecular weight excluding hydrogens is 318 g/mol. The van der Waals surface area contributed by atoms with E-state index < -0.39 is 5.60 Å². The Morgan fingerprint density at radius 3 is 2.32 bits per heavy atom. The van der Waals surface area contributed by atoms with Gasteiger partial charge in [-0.05, 0) is 37.5 Å². The largest absolute Gasteiger partial charge is 0.497 e. The SMILES string of the molecule is CCn1ccnc1CN1CCC(O)(c2cc(OC)cc(OC)c2)CC1. The summed E-state index contributed by atoms with van der Waals surface area (Å²) in [7, 11) is 3.25. The minimum atomic E-state index is -0.849. The molecule has 0 saturated carbocycles. The van der Waals surface area contributed by atoms with Crippen molar-refractivity contribution in [1.29, 1.82) is 0 Å². The first kappa shape index (κ1) is 17.8. The number of aryl methyl sites for hydroxylation is 1. The van der Waals surface area contributed by atoms with Crippen molar-refractivity contribution in [2.75, 3.05) is 27.3 Å². The van der Waals surface area contributed by atoms with E-state index in [2.05, 4.69) is 21.4 Å². The molecule has 0 unspecified atom stereocenters. The second-order valence-corrected chi connectivity index (χ2v) is 6.54. The Morgan fingerprint density at radius 1 is 1.12 bits per heavy atom. The van der Waals surface area contributed by atoms with Crippen molar-refractivity contribution in [3.8, 4) is 11.5 Å². The van der Waals surface area contributed by atoms with Crippen LogP contribution in [0.4, 0.5) is 0 Å². The molecule has 1 N–H and O–H groups in total. The van der Waals surface area contributed by atoms with Crippen LogP contribution in [0.3, 0.4) is 0 Å². The van der Waals surface area contributed by atoms with E-state index in [-0.39, 0.29) is 0 Å². The molecule has 6 heteroatoms. The van der Waals surface area contributed by atoms with Crippen LogP contribution in [-0.4, -0.2) is 46.9 Å². The van der Waals surface area contributed by atoms with Gasteiger partial charge in [0.05, 0.1) is 26.4 Å². The molecule has 0 spiro atoms. The normalized spacial score (nSPS) is 17.4. The molecule has 6 nitrogen and oxygen atoms in total. The summed E-state index contributed by atoms with van der Waals surface area (Å²) in [6.07, 6.45) is 5.21. The molecule has 2 aromatic rings. The minimum Gasteiger partial charge on any atom is -0.497 e. The first-order valence-electron chi connectivity index (χ1n) is 8.76. The van der Waals surface area contributed by atoms with Crippen LogP contribution in [0.5, 0.6) is 11.5 Å². The monoisotopic (exact) mass is 345 g/mol. The zero-order chi connectivity index (χ0) is 17.9. The average molecular weight is 345 g/mol. The van der Waals surface area contributed by atoms with Crippen LogP contribution >= 0.6 is 0 Å². The molecule has 0 atom stereocenters. The standard InChI is InChI=1S/C19H27N3O3/c1-4-22-10-7-20-18(22)14-21-8-5-19(23,6-9-21)15-11-16(24-2)13-17(12-15)25-3/h7,10-13,23H,4-6,8-9,14H2,1-3H3. The molecule has 0 bridgehead atoms. The van der Waals surface area contributed by atoms with E-state index >= 15 is 0 Å². The molecule has 136 valence electrons. The molecule has 1 saturated heterocycles. The van der Waals surface area contributed by atoms with Crippen molar-refractivity contribution in [3.05, 3.63) is 42.0 Å². The van der Waals surface area contributed by atoms with Crippen molar-refractivity contribution < 1.29 is 14.6 Å². The highest BCUT2D eigenvalue weighted by Gasteiger charge is 2.35. The predicted octanol–water partition coefficient (Wildman–Crippen LogP) is 2.40. The minimum absolute atomic E-state index is 0.677. The third-order valence-electron chi connectivity index (χ3n) is 5.08. The van der Waals surface area contributed by atoms with E-state index in [4.69, 9.17) is 9.47 Å². The maximum atomic E-state index is 11.2. The quantitative estimate of drug-likeness (QED) is 0.871. The molecule has 3 rings (SSSR count). The summed E-state index contributed by atoms with van der Waals surface area (Å²) in [4.78, 5) is 6.79. The van der Waals surface area contributed by atoms with E-state index in [0.29, 0.717) is 24.3 Å². The zero-order valence-corrected chi connectivity index (χ0v) is 15.2. The Labute approximate surface area is 149 Å². The lowest BCUT2D eigenvalue weighted by Gasteiger charge is -2.38. The van der Waals surface area contributed by atoms with E-state index in [1.165, 1.54) is 0 Å². The van der Waals surface area contributed by atoms with E-state index in [1.807, 2.05) is 30.6 Å². The van der Waals surface area contributed by atoms with Crippen molar-refractivity contribution in [2.24, 2.45) is 0 Å². The Hall–Kier alpha value is -2.05. The van der Waals surface area contributed by atoms with Gasteiger partial charge in [0.1, 0.15) is 17.3 Å². The smallest absolute Gasteiger partial charge is 0.122 e. The van der Waals surface area contributed by atoms with Gasteiger partial charge in [-0.25, -0.2) is 4.98 Å². The molecule has 0 radical (unpaired) electrons. The second kappa shape index (κ2) is 7.45. The molecule has 1 aromatic carbocycles. The van der Waals surface area contributed by atoms with Crippen LogP contribution in [0.2, 0.25) is 0 Å². The first-order valence-corrected chi connectivity index (χ1v) is 8.76. The van der Waals surface area contributed by atoms with Gasteiger partial charge in [-0.3, -0.25) is 4.90 Å². The molecular formula is C19H27N3O3. The number of methoxy groups -OCH3 is 2. The number of ether oxygens (including phenoxy) is 2. The summed E-state index contributed by atoms with van der Waals surface area (Å²) >= 11 is 0. The van der Waals surface area contributed by atoms with E-state index in [1.54, 1.807) is 14.2 Å². The lowest BCUT2D eigenvalue weighted by molar-refractivity contribution is -0.0286. The number of nitrogens with zero attached hydrogens (tertiary/aromatic N) is 3. The van der Waals surface area contributed by atoms with Crippen molar-refractivity contribution >= 4 is 0 Å². The molecule has 1 fully saturated rings. The van der Waals surface area contributed by atoms with Gasteiger partial charge in [-0.2, -0.15) is 0 Å². The van der Waals surface area contributed by atoms with Crippen LogP contribution in [0, 0.1) is 0 Å². The van der Waals surface area contributed by atoms with Gasteiger partial charge >= 0.3 is 0 Å². The number of aliphatic hydroxyl groups is 1. The Balaban J connectivity index is 1.70.